The molecule has 0 aliphatic carbocycles. The third kappa shape index (κ3) is 3.43. The monoisotopic (exact) mass is 310 g/mol. The van der Waals surface area contributed by atoms with Gasteiger partial charge in [-0.2, -0.15) is 4.98 Å². The molecular formula is C12H14N4O4S. The van der Waals surface area contributed by atoms with Crippen LogP contribution in [-0.4, -0.2) is 21.0 Å². The van der Waals surface area contributed by atoms with Gasteiger partial charge in [-0.05, 0) is 12.8 Å². The lowest BCUT2D eigenvalue weighted by Crippen LogP contribution is -2.31. The zero-order valence-electron chi connectivity index (χ0n) is 11.7. The number of aryl methyl sites for hydroxylation is 1. The molecule has 2 aromatic rings. The number of thiophene rings is 1. The molecule has 9 heteroatoms. The molecule has 1 atom stereocenters. The molecule has 0 saturated heterocycles. The van der Waals surface area contributed by atoms with E-state index in [1.54, 1.807) is 6.92 Å². The first kappa shape index (κ1) is 15.1. The number of nitrogens with zero attached hydrogens (tertiary/aromatic N) is 3. The molecule has 2 aromatic heterocycles. The number of amides is 1. The Bertz CT molecular complexity index is 664. The van der Waals surface area contributed by atoms with Crippen molar-refractivity contribution in [3.8, 4) is 0 Å². The summed E-state index contributed by atoms with van der Waals surface area (Å²) in [5.41, 5.74) is 0.244. The van der Waals surface area contributed by atoms with Crippen molar-refractivity contribution in [2.75, 3.05) is 0 Å². The Morgan fingerprint density at radius 1 is 1.52 bits per heavy atom. The maximum absolute atomic E-state index is 12.2. The summed E-state index contributed by atoms with van der Waals surface area (Å²) in [7, 11) is 0. The molecule has 0 bridgehead atoms. The summed E-state index contributed by atoms with van der Waals surface area (Å²) in [4.78, 5) is 26.4. The van der Waals surface area contributed by atoms with E-state index in [0.29, 0.717) is 11.7 Å². The predicted octanol–water partition coefficient (Wildman–Crippen LogP) is 2.47. The van der Waals surface area contributed by atoms with E-state index >= 15 is 0 Å². The first-order chi connectivity index (χ1) is 9.88. The van der Waals surface area contributed by atoms with Crippen molar-refractivity contribution in [2.45, 2.75) is 26.8 Å². The van der Waals surface area contributed by atoms with Gasteiger partial charge in [-0.15, -0.1) is 0 Å². The number of nitro groups is 1. The number of carbonyl (C=O) groups excluding carboxylic acids is 1. The molecule has 1 N–H and O–H groups in total. The van der Waals surface area contributed by atoms with Gasteiger partial charge < -0.3 is 9.84 Å². The maximum Gasteiger partial charge on any atom is 0.324 e. The number of nitrogens with one attached hydrogen (secondary N) is 1. The fourth-order valence-electron chi connectivity index (χ4n) is 1.72. The van der Waals surface area contributed by atoms with Crippen LogP contribution < -0.4 is 5.32 Å². The van der Waals surface area contributed by atoms with Gasteiger partial charge in [0, 0.05) is 11.4 Å². The van der Waals surface area contributed by atoms with Gasteiger partial charge in [0.25, 0.3) is 5.91 Å². The highest BCUT2D eigenvalue weighted by atomic mass is 32.1. The molecule has 0 aliphatic heterocycles. The molecule has 8 nitrogen and oxygen atoms in total. The maximum atomic E-state index is 12.2. The van der Waals surface area contributed by atoms with Crippen molar-refractivity contribution in [3.63, 3.8) is 0 Å². The number of aromatic nitrogens is 2. The van der Waals surface area contributed by atoms with E-state index in [1.807, 2.05) is 13.8 Å². The third-order valence-electron chi connectivity index (χ3n) is 2.79. The van der Waals surface area contributed by atoms with Crippen LogP contribution in [0.1, 0.15) is 42.0 Å². The largest absolute Gasteiger partial charge is 0.340 e. The van der Waals surface area contributed by atoms with Gasteiger partial charge in [0.2, 0.25) is 5.89 Å². The Labute approximate surface area is 124 Å². The highest BCUT2D eigenvalue weighted by molar-refractivity contribution is 7.13. The van der Waals surface area contributed by atoms with E-state index in [4.69, 9.17) is 4.52 Å². The van der Waals surface area contributed by atoms with E-state index in [2.05, 4.69) is 15.5 Å². The fourth-order valence-corrected chi connectivity index (χ4v) is 2.42. The number of hydrogen-bond donors (Lipinski definition) is 1. The first-order valence-electron chi connectivity index (χ1n) is 6.22. The summed E-state index contributed by atoms with van der Waals surface area (Å²) in [6.07, 6.45) is 0. The van der Waals surface area contributed by atoms with Gasteiger partial charge in [0.15, 0.2) is 5.82 Å². The number of rotatable bonds is 5. The van der Waals surface area contributed by atoms with Crippen LogP contribution in [0.3, 0.4) is 0 Å². The second-order valence-corrected chi connectivity index (χ2v) is 5.70. The summed E-state index contributed by atoms with van der Waals surface area (Å²) in [6, 6.07) is 0.800. The van der Waals surface area contributed by atoms with Crippen LogP contribution in [0, 0.1) is 23.0 Å². The SMILES string of the molecule is Cc1noc([C@@H](NC(=O)c2csc([N+](=O)[O-])c2)C(C)C)n1. The van der Waals surface area contributed by atoms with Crippen LogP contribution in [-0.2, 0) is 0 Å². The van der Waals surface area contributed by atoms with E-state index in [1.165, 1.54) is 11.4 Å². The van der Waals surface area contributed by atoms with Crippen molar-refractivity contribution < 1.29 is 14.2 Å². The standard InChI is InChI=1S/C12H14N4O4S/c1-6(2)10(12-13-7(3)15-20-12)14-11(17)8-4-9(16(18)19)21-5-8/h4-6,10H,1-3H3,(H,14,17)/t10-/m0/s1. The fraction of sp³-hybridized carbons (Fsp3) is 0.417. The summed E-state index contributed by atoms with van der Waals surface area (Å²) in [5.74, 6) is 0.424. The highest BCUT2D eigenvalue weighted by Crippen LogP contribution is 2.25. The number of hydrogen-bond acceptors (Lipinski definition) is 7. The smallest absolute Gasteiger partial charge is 0.324 e. The van der Waals surface area contributed by atoms with Gasteiger partial charge >= 0.3 is 5.00 Å². The third-order valence-corrected chi connectivity index (χ3v) is 3.67. The van der Waals surface area contributed by atoms with E-state index in [0.717, 1.165) is 11.3 Å². The molecule has 21 heavy (non-hydrogen) atoms. The lowest BCUT2D eigenvalue weighted by atomic mass is 10.0. The molecule has 2 rings (SSSR count). The minimum atomic E-state index is -0.525. The Kier molecular flexibility index (Phi) is 4.32. The minimum absolute atomic E-state index is 0.0300. The minimum Gasteiger partial charge on any atom is -0.340 e. The van der Waals surface area contributed by atoms with Crippen LogP contribution in [0.4, 0.5) is 5.00 Å². The summed E-state index contributed by atoms with van der Waals surface area (Å²) >= 11 is 0.910. The zero-order chi connectivity index (χ0) is 15.6. The predicted molar refractivity (Wildman–Crippen MR) is 75.1 cm³/mol. The Balaban J connectivity index is 2.16. The van der Waals surface area contributed by atoms with Crippen molar-refractivity contribution in [3.05, 3.63) is 38.8 Å². The summed E-state index contributed by atoms with van der Waals surface area (Å²) in [6.45, 7) is 5.50. The average molecular weight is 310 g/mol. The van der Waals surface area contributed by atoms with Gasteiger partial charge in [0.1, 0.15) is 6.04 Å². The Morgan fingerprint density at radius 3 is 2.71 bits per heavy atom. The molecule has 0 spiro atoms. The second kappa shape index (κ2) is 6.00. The topological polar surface area (TPSA) is 111 Å². The van der Waals surface area contributed by atoms with Crippen LogP contribution in [0.25, 0.3) is 0 Å². The summed E-state index contributed by atoms with van der Waals surface area (Å²) in [5, 5.41) is 18.5. The molecule has 0 fully saturated rings. The van der Waals surface area contributed by atoms with Crippen LogP contribution >= 0.6 is 11.3 Å². The van der Waals surface area contributed by atoms with Gasteiger partial charge in [-0.1, -0.05) is 30.3 Å². The molecule has 0 aliphatic rings. The van der Waals surface area contributed by atoms with Crippen LogP contribution in [0.15, 0.2) is 16.0 Å². The van der Waals surface area contributed by atoms with Crippen molar-refractivity contribution >= 4 is 22.2 Å². The molecule has 0 radical (unpaired) electrons. The van der Waals surface area contributed by atoms with E-state index in [-0.39, 0.29) is 16.5 Å². The molecule has 112 valence electrons. The van der Waals surface area contributed by atoms with Crippen molar-refractivity contribution in [1.82, 2.24) is 15.5 Å². The molecular weight excluding hydrogens is 296 g/mol. The molecule has 0 saturated carbocycles. The van der Waals surface area contributed by atoms with E-state index < -0.39 is 16.9 Å². The quantitative estimate of drug-likeness (QED) is 0.670. The summed E-state index contributed by atoms with van der Waals surface area (Å²) < 4.78 is 5.09. The normalized spacial score (nSPS) is 12.4. The van der Waals surface area contributed by atoms with Gasteiger partial charge in [-0.25, -0.2) is 0 Å². The van der Waals surface area contributed by atoms with Crippen LogP contribution in [0.5, 0.6) is 0 Å². The van der Waals surface area contributed by atoms with Crippen molar-refractivity contribution in [1.29, 1.82) is 0 Å². The first-order valence-corrected chi connectivity index (χ1v) is 7.10. The molecule has 0 unspecified atom stereocenters. The van der Waals surface area contributed by atoms with Crippen molar-refractivity contribution in [2.24, 2.45) is 5.92 Å². The van der Waals surface area contributed by atoms with Crippen LogP contribution in [0.2, 0.25) is 0 Å². The lowest BCUT2D eigenvalue weighted by Gasteiger charge is -2.17. The lowest BCUT2D eigenvalue weighted by molar-refractivity contribution is -0.380. The number of carbonyl (C=O) groups is 1. The molecule has 2 heterocycles. The zero-order valence-corrected chi connectivity index (χ0v) is 12.5. The van der Waals surface area contributed by atoms with Gasteiger partial charge in [-0.3, -0.25) is 14.9 Å². The second-order valence-electron chi connectivity index (χ2n) is 4.81. The molecule has 1 amide bonds. The van der Waals surface area contributed by atoms with Gasteiger partial charge in [0.05, 0.1) is 10.5 Å². The average Bonchev–Trinajstić information content (AvgIpc) is 3.04. The molecule has 0 aromatic carbocycles. The Morgan fingerprint density at radius 2 is 2.24 bits per heavy atom. The highest BCUT2D eigenvalue weighted by Gasteiger charge is 2.25. The van der Waals surface area contributed by atoms with E-state index in [9.17, 15) is 14.9 Å². The Hall–Kier alpha value is -2.29.